The van der Waals surface area contributed by atoms with Crippen LogP contribution in [-0.2, 0) is 10.0 Å². The van der Waals surface area contributed by atoms with Gasteiger partial charge >= 0.3 is 0 Å². The van der Waals surface area contributed by atoms with E-state index in [2.05, 4.69) is 10.1 Å². The van der Waals surface area contributed by atoms with Crippen molar-refractivity contribution in [2.24, 2.45) is 0 Å². The Morgan fingerprint density at radius 3 is 2.67 bits per heavy atom. The van der Waals surface area contributed by atoms with Crippen LogP contribution in [0.15, 0.2) is 56.3 Å². The number of hydrogen-bond acceptors (Lipinski definition) is 7. The molecule has 0 N–H and O–H groups in total. The van der Waals surface area contributed by atoms with Crippen LogP contribution in [0.2, 0.25) is 0 Å². The lowest BCUT2D eigenvalue weighted by molar-refractivity contribution is 0.265. The van der Waals surface area contributed by atoms with Gasteiger partial charge in [0.15, 0.2) is 5.76 Å². The highest BCUT2D eigenvalue weighted by molar-refractivity contribution is 7.89. The van der Waals surface area contributed by atoms with Crippen molar-refractivity contribution < 1.29 is 22.1 Å². The molecule has 1 saturated heterocycles. The summed E-state index contributed by atoms with van der Waals surface area (Å²) >= 11 is 0. The average molecular weight is 468 g/mol. The first-order chi connectivity index (χ1) is 15.9. The van der Waals surface area contributed by atoms with Gasteiger partial charge in [-0.1, -0.05) is 22.9 Å². The van der Waals surface area contributed by atoms with E-state index in [-0.39, 0.29) is 5.92 Å². The Balaban J connectivity index is 1.40. The number of aromatic nitrogens is 2. The van der Waals surface area contributed by atoms with Crippen molar-refractivity contribution in [2.75, 3.05) is 20.2 Å². The lowest BCUT2D eigenvalue weighted by atomic mass is 10.00. The highest BCUT2D eigenvalue weighted by Gasteiger charge is 2.33. The van der Waals surface area contributed by atoms with Crippen LogP contribution in [0.5, 0.6) is 5.75 Å². The zero-order valence-corrected chi connectivity index (χ0v) is 19.6. The summed E-state index contributed by atoms with van der Waals surface area (Å²) in [6, 6.07) is 12.5. The van der Waals surface area contributed by atoms with E-state index in [1.165, 1.54) is 4.31 Å². The highest BCUT2D eigenvalue weighted by Crippen LogP contribution is 2.35. The van der Waals surface area contributed by atoms with E-state index in [0.29, 0.717) is 41.0 Å². The van der Waals surface area contributed by atoms with Crippen molar-refractivity contribution in [3.05, 3.63) is 59.5 Å². The molecule has 172 valence electrons. The first kappa shape index (κ1) is 21.7. The van der Waals surface area contributed by atoms with Crippen molar-refractivity contribution in [1.82, 2.24) is 14.4 Å². The summed E-state index contributed by atoms with van der Waals surface area (Å²) in [6.45, 7) is 4.64. The zero-order valence-electron chi connectivity index (χ0n) is 18.7. The summed E-state index contributed by atoms with van der Waals surface area (Å²) in [5, 5.41) is 5.06. The molecule has 0 spiro atoms. The van der Waals surface area contributed by atoms with Gasteiger partial charge in [0.05, 0.1) is 17.9 Å². The molecule has 33 heavy (non-hydrogen) atoms. The molecule has 0 amide bonds. The van der Waals surface area contributed by atoms with Crippen molar-refractivity contribution in [3.63, 3.8) is 0 Å². The molecule has 2 aromatic carbocycles. The SMILES string of the molecule is COc1ccc2oc(-c3noc(C4CCCN(S(=O)(=O)c5ccc(C)cc5)C4)n3)c(C)c2c1. The van der Waals surface area contributed by atoms with E-state index in [1.807, 2.05) is 44.2 Å². The third-order valence-electron chi connectivity index (χ3n) is 6.18. The van der Waals surface area contributed by atoms with E-state index in [0.717, 1.165) is 35.1 Å². The van der Waals surface area contributed by atoms with Gasteiger partial charge in [-0.15, -0.1) is 0 Å². The maximum atomic E-state index is 13.1. The fourth-order valence-corrected chi connectivity index (χ4v) is 5.78. The van der Waals surface area contributed by atoms with Crippen molar-refractivity contribution >= 4 is 21.0 Å². The van der Waals surface area contributed by atoms with Crippen LogP contribution in [-0.4, -0.2) is 43.1 Å². The molecule has 0 aliphatic carbocycles. The molecule has 0 saturated carbocycles. The van der Waals surface area contributed by atoms with Crippen LogP contribution >= 0.6 is 0 Å². The second kappa shape index (κ2) is 8.31. The van der Waals surface area contributed by atoms with Gasteiger partial charge in [0.2, 0.25) is 21.7 Å². The maximum absolute atomic E-state index is 13.1. The molecule has 0 radical (unpaired) electrons. The normalized spacial score (nSPS) is 17.5. The zero-order chi connectivity index (χ0) is 23.2. The van der Waals surface area contributed by atoms with Crippen molar-refractivity contribution in [3.8, 4) is 17.3 Å². The number of ether oxygens (including phenoxy) is 1. The lowest BCUT2D eigenvalue weighted by Gasteiger charge is -2.30. The largest absolute Gasteiger partial charge is 0.497 e. The molecule has 5 rings (SSSR count). The average Bonchev–Trinajstić information content (AvgIpc) is 3.44. The Morgan fingerprint density at radius 2 is 1.91 bits per heavy atom. The number of hydrogen-bond donors (Lipinski definition) is 0. The van der Waals surface area contributed by atoms with Gasteiger partial charge in [-0.25, -0.2) is 8.42 Å². The highest BCUT2D eigenvalue weighted by atomic mass is 32.2. The van der Waals surface area contributed by atoms with Gasteiger partial charge < -0.3 is 13.7 Å². The summed E-state index contributed by atoms with van der Waals surface area (Å²) in [5.74, 6) is 1.88. The quantitative estimate of drug-likeness (QED) is 0.420. The second-order valence-electron chi connectivity index (χ2n) is 8.39. The minimum atomic E-state index is -3.58. The number of sulfonamides is 1. The van der Waals surface area contributed by atoms with Crippen LogP contribution in [0.25, 0.3) is 22.6 Å². The number of fused-ring (bicyclic) bond motifs is 1. The van der Waals surface area contributed by atoms with E-state index >= 15 is 0 Å². The van der Waals surface area contributed by atoms with E-state index in [9.17, 15) is 8.42 Å². The van der Waals surface area contributed by atoms with E-state index < -0.39 is 10.0 Å². The summed E-state index contributed by atoms with van der Waals surface area (Å²) in [4.78, 5) is 4.88. The maximum Gasteiger partial charge on any atom is 0.243 e. The number of methoxy groups -OCH3 is 1. The predicted molar refractivity (Wildman–Crippen MR) is 123 cm³/mol. The van der Waals surface area contributed by atoms with Gasteiger partial charge in [-0.2, -0.15) is 9.29 Å². The van der Waals surface area contributed by atoms with Crippen molar-refractivity contribution in [2.45, 2.75) is 37.5 Å². The lowest BCUT2D eigenvalue weighted by Crippen LogP contribution is -2.39. The van der Waals surface area contributed by atoms with E-state index in [4.69, 9.17) is 13.7 Å². The third kappa shape index (κ3) is 3.91. The number of aryl methyl sites for hydroxylation is 2. The van der Waals surface area contributed by atoms with Crippen LogP contribution in [0.1, 0.15) is 35.8 Å². The minimum absolute atomic E-state index is 0.176. The molecule has 1 aliphatic rings. The molecule has 8 nitrogen and oxygen atoms in total. The molecule has 4 aromatic rings. The smallest absolute Gasteiger partial charge is 0.243 e. The molecule has 9 heteroatoms. The summed E-state index contributed by atoms with van der Waals surface area (Å²) < 4.78 is 44.6. The van der Waals surface area contributed by atoms with Crippen LogP contribution in [0.3, 0.4) is 0 Å². The molecule has 0 bridgehead atoms. The molecule has 1 aliphatic heterocycles. The van der Waals surface area contributed by atoms with Gasteiger partial charge in [0.1, 0.15) is 11.3 Å². The van der Waals surface area contributed by atoms with Gasteiger partial charge in [0, 0.05) is 24.0 Å². The molecule has 3 heterocycles. The summed E-state index contributed by atoms with van der Waals surface area (Å²) in [6.07, 6.45) is 1.49. The molecule has 1 fully saturated rings. The fourth-order valence-electron chi connectivity index (χ4n) is 4.26. The molecular weight excluding hydrogens is 442 g/mol. The van der Waals surface area contributed by atoms with Crippen LogP contribution < -0.4 is 4.74 Å². The Labute approximate surface area is 192 Å². The fraction of sp³-hybridized carbons (Fsp3) is 0.333. The predicted octanol–water partition coefficient (Wildman–Crippen LogP) is 4.68. The topological polar surface area (TPSA) is 98.7 Å². The number of furan rings is 1. The Bertz CT molecular complexity index is 1410. The van der Waals surface area contributed by atoms with Gasteiger partial charge in [0.25, 0.3) is 0 Å². The number of nitrogens with zero attached hydrogens (tertiary/aromatic N) is 3. The Kier molecular flexibility index (Phi) is 5.46. The number of rotatable bonds is 5. The monoisotopic (exact) mass is 467 g/mol. The Hall–Kier alpha value is -3.17. The first-order valence-electron chi connectivity index (χ1n) is 10.8. The van der Waals surface area contributed by atoms with E-state index in [1.54, 1.807) is 19.2 Å². The number of piperidine rings is 1. The van der Waals surface area contributed by atoms with Crippen LogP contribution in [0, 0.1) is 13.8 Å². The molecular formula is C24H25N3O5S. The Morgan fingerprint density at radius 1 is 1.12 bits per heavy atom. The molecule has 1 atom stereocenters. The standard InChI is InChI=1S/C24H25N3O5S/c1-15-6-9-19(10-7-15)33(28,29)27-12-4-5-17(14-27)24-25-23(26-32-24)22-16(2)20-13-18(30-3)8-11-21(20)31-22/h6-11,13,17H,4-5,12,14H2,1-3H3. The van der Waals surface area contributed by atoms with Gasteiger partial charge in [-0.05, 0) is 57.0 Å². The summed E-state index contributed by atoms with van der Waals surface area (Å²) in [5.41, 5.74) is 2.62. The third-order valence-corrected chi connectivity index (χ3v) is 8.06. The molecule has 1 unspecified atom stereocenters. The minimum Gasteiger partial charge on any atom is -0.497 e. The van der Waals surface area contributed by atoms with Crippen LogP contribution in [0.4, 0.5) is 0 Å². The van der Waals surface area contributed by atoms with Crippen molar-refractivity contribution in [1.29, 1.82) is 0 Å². The molecule has 2 aromatic heterocycles. The second-order valence-corrected chi connectivity index (χ2v) is 10.3. The van der Waals surface area contributed by atoms with Gasteiger partial charge in [-0.3, -0.25) is 0 Å². The number of benzene rings is 2. The summed E-state index contributed by atoms with van der Waals surface area (Å²) in [7, 11) is -1.96. The first-order valence-corrected chi connectivity index (χ1v) is 12.3.